The van der Waals surface area contributed by atoms with E-state index in [-0.39, 0.29) is 30.5 Å². The summed E-state index contributed by atoms with van der Waals surface area (Å²) in [7, 11) is 3.09. The minimum absolute atomic E-state index is 0.0698. The Bertz CT molecular complexity index is 794. The lowest BCUT2D eigenvalue weighted by Gasteiger charge is -2.34. The molecular formula is C20H28N4O6. The fourth-order valence-corrected chi connectivity index (χ4v) is 3.62. The van der Waals surface area contributed by atoms with E-state index in [4.69, 9.17) is 14.2 Å². The number of methoxy groups -OCH3 is 2. The summed E-state index contributed by atoms with van der Waals surface area (Å²) in [6, 6.07) is 4.76. The van der Waals surface area contributed by atoms with E-state index in [9.17, 15) is 14.4 Å². The molecule has 0 spiro atoms. The number of benzene rings is 1. The van der Waals surface area contributed by atoms with Gasteiger partial charge in [-0.2, -0.15) is 0 Å². The molecule has 0 aromatic heterocycles. The maximum atomic E-state index is 12.6. The van der Waals surface area contributed by atoms with Gasteiger partial charge in [0.15, 0.2) is 11.5 Å². The number of rotatable bonds is 5. The Morgan fingerprint density at radius 3 is 2.37 bits per heavy atom. The van der Waals surface area contributed by atoms with Crippen LogP contribution < -0.4 is 19.7 Å². The summed E-state index contributed by atoms with van der Waals surface area (Å²) in [5.41, 5.74) is 0.692. The van der Waals surface area contributed by atoms with Gasteiger partial charge in [0.1, 0.15) is 0 Å². The van der Waals surface area contributed by atoms with Gasteiger partial charge in [0.05, 0.1) is 26.9 Å². The first-order valence-corrected chi connectivity index (χ1v) is 9.96. The van der Waals surface area contributed by atoms with Crippen LogP contribution in [0.4, 0.5) is 15.3 Å². The number of nitrogens with one attached hydrogen (secondary N) is 1. The fraction of sp³-hybridized carbons (Fsp3) is 0.550. The molecule has 1 N–H and O–H groups in total. The average Bonchev–Trinajstić information content (AvgIpc) is 3.13. The zero-order chi connectivity index (χ0) is 21.7. The van der Waals surface area contributed by atoms with Crippen molar-refractivity contribution in [2.45, 2.75) is 19.4 Å². The quantitative estimate of drug-likeness (QED) is 0.771. The molecule has 10 nitrogen and oxygen atoms in total. The van der Waals surface area contributed by atoms with Crippen LogP contribution in [0.15, 0.2) is 18.2 Å². The van der Waals surface area contributed by atoms with Gasteiger partial charge in [-0.15, -0.1) is 0 Å². The molecule has 2 aliphatic heterocycles. The zero-order valence-electron chi connectivity index (χ0n) is 17.6. The van der Waals surface area contributed by atoms with Gasteiger partial charge in [-0.3, -0.25) is 4.79 Å². The lowest BCUT2D eigenvalue weighted by molar-refractivity contribution is -0.117. The van der Waals surface area contributed by atoms with Crippen molar-refractivity contribution in [2.75, 3.05) is 58.5 Å². The Morgan fingerprint density at radius 1 is 1.07 bits per heavy atom. The highest BCUT2D eigenvalue weighted by Gasteiger charge is 2.34. The molecule has 3 rings (SSSR count). The van der Waals surface area contributed by atoms with Gasteiger partial charge < -0.3 is 34.2 Å². The molecular weight excluding hydrogens is 392 g/mol. The number of urea groups is 1. The molecule has 2 saturated heterocycles. The smallest absolute Gasteiger partial charge is 0.409 e. The number of amides is 4. The molecule has 4 amide bonds. The summed E-state index contributed by atoms with van der Waals surface area (Å²) in [6.07, 6.45) is -0.132. The van der Waals surface area contributed by atoms with Crippen LogP contribution in [0, 0.1) is 0 Å². The van der Waals surface area contributed by atoms with Crippen LogP contribution in [0.25, 0.3) is 0 Å². The summed E-state index contributed by atoms with van der Waals surface area (Å²) in [6.45, 7) is 4.15. The van der Waals surface area contributed by atoms with Crippen molar-refractivity contribution in [2.24, 2.45) is 0 Å². The molecule has 0 aliphatic carbocycles. The predicted molar refractivity (Wildman–Crippen MR) is 109 cm³/mol. The lowest BCUT2D eigenvalue weighted by atomic mass is 10.2. The third-order valence-electron chi connectivity index (χ3n) is 5.22. The molecule has 2 aliphatic rings. The molecule has 1 aromatic rings. The molecule has 2 fully saturated rings. The van der Waals surface area contributed by atoms with Gasteiger partial charge in [-0.1, -0.05) is 0 Å². The molecule has 1 aromatic carbocycles. The van der Waals surface area contributed by atoms with Gasteiger partial charge in [0.2, 0.25) is 5.91 Å². The summed E-state index contributed by atoms with van der Waals surface area (Å²) < 4.78 is 15.5. The van der Waals surface area contributed by atoms with E-state index in [1.807, 2.05) is 0 Å². The number of piperazine rings is 1. The second-order valence-corrected chi connectivity index (χ2v) is 7.07. The van der Waals surface area contributed by atoms with Crippen molar-refractivity contribution in [1.82, 2.24) is 15.1 Å². The molecule has 1 atom stereocenters. The molecule has 0 saturated carbocycles. The van der Waals surface area contributed by atoms with Gasteiger partial charge in [-0.25, -0.2) is 9.59 Å². The Morgan fingerprint density at radius 2 is 1.73 bits per heavy atom. The molecule has 0 unspecified atom stereocenters. The van der Waals surface area contributed by atoms with E-state index in [1.165, 1.54) is 7.11 Å². The zero-order valence-corrected chi connectivity index (χ0v) is 17.6. The van der Waals surface area contributed by atoms with Crippen molar-refractivity contribution in [3.63, 3.8) is 0 Å². The van der Waals surface area contributed by atoms with Gasteiger partial charge in [0.25, 0.3) is 0 Å². The standard InChI is InChI=1S/C20H28N4O6/c1-4-30-20(27)23-9-7-22(8-10-23)19(26)21-14-11-18(25)24(13-14)15-5-6-16(28-2)17(12-15)29-3/h5-6,12,14H,4,7-11,13H2,1-3H3,(H,21,26)/t14-/m0/s1. The van der Waals surface area contributed by atoms with Crippen molar-refractivity contribution < 1.29 is 28.6 Å². The van der Waals surface area contributed by atoms with E-state index in [1.54, 1.807) is 46.9 Å². The number of carbonyl (C=O) groups is 3. The topological polar surface area (TPSA) is 101 Å². The monoisotopic (exact) mass is 420 g/mol. The first kappa shape index (κ1) is 21.5. The second-order valence-electron chi connectivity index (χ2n) is 7.07. The number of carbonyl (C=O) groups excluding carboxylic acids is 3. The van der Waals surface area contributed by atoms with E-state index in [0.717, 1.165) is 0 Å². The number of nitrogens with zero attached hydrogens (tertiary/aromatic N) is 3. The van der Waals surface area contributed by atoms with Crippen LogP contribution in [0.2, 0.25) is 0 Å². The first-order valence-electron chi connectivity index (χ1n) is 9.96. The number of hydrogen-bond donors (Lipinski definition) is 1. The van der Waals surface area contributed by atoms with Crippen LogP contribution in [-0.2, 0) is 9.53 Å². The molecule has 2 heterocycles. The minimum Gasteiger partial charge on any atom is -0.493 e. The number of anilines is 1. The van der Waals surface area contributed by atoms with Crippen LogP contribution in [0.3, 0.4) is 0 Å². The number of hydrogen-bond acceptors (Lipinski definition) is 6. The third-order valence-corrected chi connectivity index (χ3v) is 5.22. The summed E-state index contributed by atoms with van der Waals surface area (Å²) in [5, 5.41) is 2.93. The van der Waals surface area contributed by atoms with Gasteiger partial charge >= 0.3 is 12.1 Å². The van der Waals surface area contributed by atoms with Crippen LogP contribution in [-0.4, -0.2) is 87.4 Å². The summed E-state index contributed by atoms with van der Waals surface area (Å²) in [4.78, 5) is 41.8. The highest BCUT2D eigenvalue weighted by atomic mass is 16.6. The second kappa shape index (κ2) is 9.55. The Hall–Kier alpha value is -3.17. The maximum absolute atomic E-state index is 12.6. The molecule has 30 heavy (non-hydrogen) atoms. The van der Waals surface area contributed by atoms with Gasteiger partial charge in [0, 0.05) is 50.9 Å². The normalized spacial score (nSPS) is 19.0. The molecule has 10 heteroatoms. The Balaban J connectivity index is 1.55. The summed E-state index contributed by atoms with van der Waals surface area (Å²) >= 11 is 0. The minimum atomic E-state index is -0.357. The van der Waals surface area contributed by atoms with Crippen LogP contribution >= 0.6 is 0 Å². The fourth-order valence-electron chi connectivity index (χ4n) is 3.62. The van der Waals surface area contributed by atoms with Crippen LogP contribution in [0.1, 0.15) is 13.3 Å². The first-order chi connectivity index (χ1) is 14.5. The van der Waals surface area contributed by atoms with Crippen molar-refractivity contribution in [1.29, 1.82) is 0 Å². The molecule has 164 valence electrons. The van der Waals surface area contributed by atoms with Crippen LogP contribution in [0.5, 0.6) is 11.5 Å². The van der Waals surface area contributed by atoms with Gasteiger partial charge in [-0.05, 0) is 19.1 Å². The SMILES string of the molecule is CCOC(=O)N1CCN(C(=O)N[C@H]2CC(=O)N(c3ccc(OC)c(OC)c3)C2)CC1. The largest absolute Gasteiger partial charge is 0.493 e. The summed E-state index contributed by atoms with van der Waals surface area (Å²) in [5.74, 6) is 1.05. The molecule has 0 radical (unpaired) electrons. The van der Waals surface area contributed by atoms with E-state index >= 15 is 0 Å². The average molecular weight is 420 g/mol. The van der Waals surface area contributed by atoms with Crippen molar-refractivity contribution in [3.05, 3.63) is 18.2 Å². The van der Waals surface area contributed by atoms with Crippen molar-refractivity contribution in [3.8, 4) is 11.5 Å². The predicted octanol–water partition coefficient (Wildman–Crippen LogP) is 1.29. The Kier molecular flexibility index (Phi) is 6.86. The highest BCUT2D eigenvalue weighted by molar-refractivity contribution is 5.97. The van der Waals surface area contributed by atoms with Crippen molar-refractivity contribution >= 4 is 23.7 Å². The Labute approximate surface area is 175 Å². The number of ether oxygens (including phenoxy) is 3. The van der Waals surface area contributed by atoms with E-state index in [2.05, 4.69) is 5.32 Å². The van der Waals surface area contributed by atoms with E-state index in [0.29, 0.717) is 56.5 Å². The highest BCUT2D eigenvalue weighted by Crippen LogP contribution is 2.33. The lowest BCUT2D eigenvalue weighted by Crippen LogP contribution is -2.54. The third kappa shape index (κ3) is 4.69. The van der Waals surface area contributed by atoms with E-state index < -0.39 is 0 Å². The maximum Gasteiger partial charge on any atom is 0.409 e. The molecule has 0 bridgehead atoms.